The third kappa shape index (κ3) is 0.881. The highest BCUT2D eigenvalue weighted by molar-refractivity contribution is 5.78. The third-order valence-corrected chi connectivity index (χ3v) is 1.42. The second-order valence-corrected chi connectivity index (χ2v) is 2.13. The zero-order chi connectivity index (χ0) is 7.68. The number of aromatic amines is 1. The molecule has 1 N–H and O–H groups in total. The van der Waals surface area contributed by atoms with Crippen LogP contribution < -0.4 is 0 Å². The molecule has 4 heteroatoms. The van der Waals surface area contributed by atoms with E-state index in [4.69, 9.17) is 0 Å². The van der Waals surface area contributed by atoms with E-state index in [2.05, 4.69) is 15.0 Å². The molecule has 0 aliphatic heterocycles. The molecule has 11 heavy (non-hydrogen) atoms. The van der Waals surface area contributed by atoms with Crippen LogP contribution in [-0.4, -0.2) is 21.2 Å². The molecule has 2 rings (SSSR count). The number of H-pyrrole nitrogens is 1. The minimum absolute atomic E-state index is 0.208. The molecule has 2 aromatic heterocycles. The van der Waals surface area contributed by atoms with Crippen LogP contribution in [0.3, 0.4) is 0 Å². The molecule has 2 heterocycles. The highest BCUT2D eigenvalue weighted by Crippen LogP contribution is 2.05. The lowest BCUT2D eigenvalue weighted by Crippen LogP contribution is -1.90. The fourth-order valence-corrected chi connectivity index (χ4v) is 0.910. The van der Waals surface area contributed by atoms with Gasteiger partial charge in [0, 0.05) is 17.8 Å². The standard InChI is InChI=1S/C7H5N3O/c11-4-6-9-3-5-1-2-8-7(5)10-6/h1-4H,(H,8,9,10). The van der Waals surface area contributed by atoms with Gasteiger partial charge in [-0.2, -0.15) is 0 Å². The lowest BCUT2D eigenvalue weighted by molar-refractivity contribution is 0.111. The lowest BCUT2D eigenvalue weighted by Gasteiger charge is -1.88. The summed E-state index contributed by atoms with van der Waals surface area (Å²) in [5, 5.41) is 0.913. The molecule has 0 saturated carbocycles. The molecular weight excluding hydrogens is 142 g/mol. The van der Waals surface area contributed by atoms with Crippen molar-refractivity contribution in [3.05, 3.63) is 24.3 Å². The summed E-state index contributed by atoms with van der Waals surface area (Å²) in [7, 11) is 0. The highest BCUT2D eigenvalue weighted by Gasteiger charge is 1.97. The number of aromatic nitrogens is 3. The highest BCUT2D eigenvalue weighted by atomic mass is 16.1. The predicted octanol–water partition coefficient (Wildman–Crippen LogP) is 0.770. The van der Waals surface area contributed by atoms with Gasteiger partial charge >= 0.3 is 0 Å². The Morgan fingerprint density at radius 3 is 3.27 bits per heavy atom. The van der Waals surface area contributed by atoms with E-state index in [1.807, 2.05) is 6.07 Å². The van der Waals surface area contributed by atoms with Crippen LogP contribution in [0.4, 0.5) is 0 Å². The number of carbonyl (C=O) groups excluding carboxylic acids is 1. The van der Waals surface area contributed by atoms with Gasteiger partial charge in [0.25, 0.3) is 0 Å². The molecule has 0 spiro atoms. The van der Waals surface area contributed by atoms with E-state index in [1.165, 1.54) is 0 Å². The predicted molar refractivity (Wildman–Crippen MR) is 39.3 cm³/mol. The van der Waals surface area contributed by atoms with Crippen LogP contribution in [0.1, 0.15) is 10.6 Å². The average Bonchev–Trinajstić information content (AvgIpc) is 2.50. The molecule has 0 bridgehead atoms. The summed E-state index contributed by atoms with van der Waals surface area (Å²) in [4.78, 5) is 20.8. The maximum Gasteiger partial charge on any atom is 0.194 e. The van der Waals surface area contributed by atoms with E-state index in [0.29, 0.717) is 11.9 Å². The molecule has 0 unspecified atom stereocenters. The zero-order valence-corrected chi connectivity index (χ0v) is 5.61. The summed E-state index contributed by atoms with van der Waals surface area (Å²) < 4.78 is 0. The number of hydrogen-bond acceptors (Lipinski definition) is 3. The number of nitrogens with zero attached hydrogens (tertiary/aromatic N) is 2. The Kier molecular flexibility index (Phi) is 1.18. The van der Waals surface area contributed by atoms with Gasteiger partial charge in [0.2, 0.25) is 0 Å². The quantitative estimate of drug-likeness (QED) is 0.606. The summed E-state index contributed by atoms with van der Waals surface area (Å²) in [6, 6.07) is 1.85. The normalized spacial score (nSPS) is 10.2. The Morgan fingerprint density at radius 1 is 1.55 bits per heavy atom. The molecule has 0 saturated heterocycles. The summed E-state index contributed by atoms with van der Waals surface area (Å²) >= 11 is 0. The van der Waals surface area contributed by atoms with Gasteiger partial charge in [-0.3, -0.25) is 4.79 Å². The van der Waals surface area contributed by atoms with Crippen molar-refractivity contribution >= 4 is 17.3 Å². The van der Waals surface area contributed by atoms with Gasteiger partial charge in [-0.1, -0.05) is 0 Å². The van der Waals surface area contributed by atoms with Crippen LogP contribution in [0, 0.1) is 0 Å². The Morgan fingerprint density at radius 2 is 2.45 bits per heavy atom. The molecule has 0 aromatic carbocycles. The van der Waals surface area contributed by atoms with Crippen LogP contribution in [0.2, 0.25) is 0 Å². The van der Waals surface area contributed by atoms with Crippen LogP contribution in [0.5, 0.6) is 0 Å². The van der Waals surface area contributed by atoms with Crippen molar-refractivity contribution in [2.75, 3.05) is 0 Å². The first-order chi connectivity index (χ1) is 5.40. The Bertz CT molecular complexity index is 393. The lowest BCUT2D eigenvalue weighted by atomic mass is 10.4. The minimum atomic E-state index is 0.208. The van der Waals surface area contributed by atoms with Crippen molar-refractivity contribution in [2.45, 2.75) is 0 Å². The monoisotopic (exact) mass is 147 g/mol. The molecule has 2 aromatic rings. The smallest absolute Gasteiger partial charge is 0.194 e. The van der Waals surface area contributed by atoms with Gasteiger partial charge in [0.15, 0.2) is 12.1 Å². The van der Waals surface area contributed by atoms with Crippen molar-refractivity contribution in [1.82, 2.24) is 15.0 Å². The average molecular weight is 147 g/mol. The molecule has 0 fully saturated rings. The summed E-state index contributed by atoms with van der Waals surface area (Å²) in [5.41, 5.74) is 0.696. The van der Waals surface area contributed by atoms with Gasteiger partial charge in [-0.05, 0) is 6.07 Å². The van der Waals surface area contributed by atoms with Crippen molar-refractivity contribution < 1.29 is 4.79 Å². The molecule has 54 valence electrons. The SMILES string of the molecule is O=Cc1ncc2cc[nH]c2n1. The number of aldehydes is 1. The van der Waals surface area contributed by atoms with E-state index in [1.54, 1.807) is 12.4 Å². The van der Waals surface area contributed by atoms with Crippen molar-refractivity contribution in [3.63, 3.8) is 0 Å². The van der Waals surface area contributed by atoms with Crippen LogP contribution in [-0.2, 0) is 0 Å². The summed E-state index contributed by atoms with van der Waals surface area (Å²) in [6.45, 7) is 0. The number of fused-ring (bicyclic) bond motifs is 1. The summed E-state index contributed by atoms with van der Waals surface area (Å²) in [6.07, 6.45) is 4.00. The van der Waals surface area contributed by atoms with Gasteiger partial charge in [-0.15, -0.1) is 0 Å². The van der Waals surface area contributed by atoms with Crippen molar-refractivity contribution in [3.8, 4) is 0 Å². The maximum atomic E-state index is 10.2. The molecule has 4 nitrogen and oxygen atoms in total. The van der Waals surface area contributed by atoms with Gasteiger partial charge in [0.05, 0.1) is 0 Å². The molecule has 0 aliphatic carbocycles. The van der Waals surface area contributed by atoms with Gasteiger partial charge < -0.3 is 4.98 Å². The third-order valence-electron chi connectivity index (χ3n) is 1.42. The van der Waals surface area contributed by atoms with E-state index in [0.717, 1.165) is 5.39 Å². The molecule has 0 atom stereocenters. The van der Waals surface area contributed by atoms with Crippen molar-refractivity contribution in [1.29, 1.82) is 0 Å². The number of hydrogen-bond donors (Lipinski definition) is 1. The largest absolute Gasteiger partial charge is 0.346 e. The number of rotatable bonds is 1. The van der Waals surface area contributed by atoms with E-state index in [-0.39, 0.29) is 5.82 Å². The topological polar surface area (TPSA) is 58.6 Å². The molecule has 0 aliphatic rings. The Balaban J connectivity index is 2.76. The molecule has 0 amide bonds. The van der Waals surface area contributed by atoms with Crippen LogP contribution in [0.15, 0.2) is 18.5 Å². The Hall–Kier alpha value is -1.71. The number of nitrogens with one attached hydrogen (secondary N) is 1. The van der Waals surface area contributed by atoms with Gasteiger partial charge in [0.1, 0.15) is 5.65 Å². The second kappa shape index (κ2) is 2.16. The fraction of sp³-hybridized carbons (Fsp3) is 0. The Labute approximate surface area is 62.3 Å². The van der Waals surface area contributed by atoms with Gasteiger partial charge in [-0.25, -0.2) is 9.97 Å². The van der Waals surface area contributed by atoms with Crippen molar-refractivity contribution in [2.24, 2.45) is 0 Å². The van der Waals surface area contributed by atoms with Crippen LogP contribution in [0.25, 0.3) is 11.0 Å². The van der Waals surface area contributed by atoms with E-state index >= 15 is 0 Å². The molecular formula is C7H5N3O. The first kappa shape index (κ1) is 6.03. The van der Waals surface area contributed by atoms with E-state index in [9.17, 15) is 4.79 Å². The zero-order valence-electron chi connectivity index (χ0n) is 5.61. The fourth-order valence-electron chi connectivity index (χ4n) is 0.910. The van der Waals surface area contributed by atoms with E-state index < -0.39 is 0 Å². The first-order valence-electron chi connectivity index (χ1n) is 3.15. The van der Waals surface area contributed by atoms with Crippen LogP contribution >= 0.6 is 0 Å². The number of carbonyl (C=O) groups is 1. The first-order valence-corrected chi connectivity index (χ1v) is 3.15. The minimum Gasteiger partial charge on any atom is -0.346 e. The summed E-state index contributed by atoms with van der Waals surface area (Å²) in [5.74, 6) is 0.208. The maximum absolute atomic E-state index is 10.2. The second-order valence-electron chi connectivity index (χ2n) is 2.13. The molecule has 0 radical (unpaired) electrons.